The van der Waals surface area contributed by atoms with Crippen molar-refractivity contribution in [2.24, 2.45) is 0 Å². The smallest absolute Gasteiger partial charge is 0.211 e. The van der Waals surface area contributed by atoms with Gasteiger partial charge in [-0.05, 0) is 48.0 Å². The highest BCUT2D eigenvalue weighted by atomic mass is 16.5. The standard InChI is InChI=1S/C23H19NO2/c1-25-18-11-7-16(8-12-18)21-15-23(17-9-13-19(26-2)14-10-17)24-22-6-4-3-5-20(21)22/h3-15H,1-2H3/p+1. The number of ether oxygens (including phenoxy) is 2. The number of para-hydroxylation sites is 1. The maximum Gasteiger partial charge on any atom is 0.211 e. The molecule has 3 nitrogen and oxygen atoms in total. The van der Waals surface area contributed by atoms with Gasteiger partial charge in [0.15, 0.2) is 0 Å². The minimum absolute atomic E-state index is 0.852. The van der Waals surface area contributed by atoms with Crippen LogP contribution in [-0.2, 0) is 0 Å². The van der Waals surface area contributed by atoms with Crippen LogP contribution in [0.3, 0.4) is 0 Å². The summed E-state index contributed by atoms with van der Waals surface area (Å²) in [6.45, 7) is 0. The second-order valence-electron chi connectivity index (χ2n) is 6.10. The molecule has 1 heterocycles. The van der Waals surface area contributed by atoms with Crippen molar-refractivity contribution in [3.05, 3.63) is 78.9 Å². The van der Waals surface area contributed by atoms with E-state index in [0.717, 1.165) is 33.8 Å². The van der Waals surface area contributed by atoms with Gasteiger partial charge in [0.2, 0.25) is 11.2 Å². The number of hydrogen-bond acceptors (Lipinski definition) is 2. The van der Waals surface area contributed by atoms with Crippen molar-refractivity contribution < 1.29 is 14.5 Å². The van der Waals surface area contributed by atoms with Crippen molar-refractivity contribution in [3.63, 3.8) is 0 Å². The quantitative estimate of drug-likeness (QED) is 0.522. The zero-order chi connectivity index (χ0) is 17.9. The number of benzene rings is 3. The van der Waals surface area contributed by atoms with Gasteiger partial charge in [-0.3, -0.25) is 0 Å². The molecule has 128 valence electrons. The normalized spacial score (nSPS) is 10.7. The van der Waals surface area contributed by atoms with E-state index in [1.807, 2.05) is 24.3 Å². The number of aromatic amines is 1. The Kier molecular flexibility index (Phi) is 4.28. The van der Waals surface area contributed by atoms with Crippen LogP contribution in [0.5, 0.6) is 11.5 Å². The molecule has 0 spiro atoms. The lowest BCUT2D eigenvalue weighted by molar-refractivity contribution is -0.330. The van der Waals surface area contributed by atoms with E-state index in [0.29, 0.717) is 0 Å². The summed E-state index contributed by atoms with van der Waals surface area (Å²) < 4.78 is 10.6. The molecule has 0 atom stereocenters. The Bertz CT molecular complexity index is 1040. The van der Waals surface area contributed by atoms with Gasteiger partial charge in [0, 0.05) is 23.3 Å². The van der Waals surface area contributed by atoms with Gasteiger partial charge in [0.25, 0.3) is 0 Å². The predicted molar refractivity (Wildman–Crippen MR) is 104 cm³/mol. The Morgan fingerprint density at radius 3 is 1.85 bits per heavy atom. The van der Waals surface area contributed by atoms with E-state index in [-0.39, 0.29) is 0 Å². The van der Waals surface area contributed by atoms with E-state index in [9.17, 15) is 0 Å². The van der Waals surface area contributed by atoms with Gasteiger partial charge >= 0.3 is 0 Å². The molecule has 3 heteroatoms. The third-order valence-electron chi connectivity index (χ3n) is 4.58. The van der Waals surface area contributed by atoms with Crippen LogP contribution in [0.15, 0.2) is 78.9 Å². The summed E-state index contributed by atoms with van der Waals surface area (Å²) >= 11 is 0. The molecule has 4 aromatic rings. The summed E-state index contributed by atoms with van der Waals surface area (Å²) in [5.74, 6) is 1.71. The average molecular weight is 342 g/mol. The van der Waals surface area contributed by atoms with Crippen LogP contribution in [0.4, 0.5) is 0 Å². The first-order valence-corrected chi connectivity index (χ1v) is 8.52. The molecule has 0 unspecified atom stereocenters. The first kappa shape index (κ1) is 16.2. The number of fused-ring (bicyclic) bond motifs is 1. The summed E-state index contributed by atoms with van der Waals surface area (Å²) in [6, 6.07) is 26.8. The van der Waals surface area contributed by atoms with Crippen LogP contribution in [0.25, 0.3) is 33.3 Å². The highest BCUT2D eigenvalue weighted by molar-refractivity contribution is 5.94. The van der Waals surface area contributed by atoms with Crippen LogP contribution < -0.4 is 14.5 Å². The zero-order valence-electron chi connectivity index (χ0n) is 14.8. The summed E-state index contributed by atoms with van der Waals surface area (Å²) in [4.78, 5) is 3.55. The molecule has 3 aromatic carbocycles. The molecule has 0 amide bonds. The Morgan fingerprint density at radius 1 is 0.654 bits per heavy atom. The number of rotatable bonds is 4. The van der Waals surface area contributed by atoms with Gasteiger partial charge in [0.05, 0.1) is 19.6 Å². The minimum atomic E-state index is 0.852. The fourth-order valence-corrected chi connectivity index (χ4v) is 3.17. The second kappa shape index (κ2) is 6.89. The Hall–Kier alpha value is -3.33. The van der Waals surface area contributed by atoms with Crippen molar-refractivity contribution in [3.8, 4) is 33.9 Å². The van der Waals surface area contributed by atoms with Crippen LogP contribution in [0.1, 0.15) is 0 Å². The molecule has 0 saturated heterocycles. The topological polar surface area (TPSA) is 32.6 Å². The number of H-pyrrole nitrogens is 1. The van der Waals surface area contributed by atoms with Gasteiger partial charge in [-0.25, -0.2) is 4.98 Å². The van der Waals surface area contributed by atoms with Gasteiger partial charge in [-0.15, -0.1) is 0 Å². The lowest BCUT2D eigenvalue weighted by Gasteiger charge is -2.08. The van der Waals surface area contributed by atoms with E-state index in [2.05, 4.69) is 59.6 Å². The van der Waals surface area contributed by atoms with E-state index in [1.165, 1.54) is 10.9 Å². The highest BCUT2D eigenvalue weighted by Gasteiger charge is 2.14. The first-order valence-electron chi connectivity index (χ1n) is 8.52. The molecule has 26 heavy (non-hydrogen) atoms. The highest BCUT2D eigenvalue weighted by Crippen LogP contribution is 2.31. The molecule has 0 aliphatic rings. The lowest BCUT2D eigenvalue weighted by Crippen LogP contribution is -2.09. The number of methoxy groups -OCH3 is 2. The minimum Gasteiger partial charge on any atom is -0.497 e. The van der Waals surface area contributed by atoms with E-state index in [4.69, 9.17) is 9.47 Å². The molecule has 0 saturated carbocycles. The second-order valence-corrected chi connectivity index (χ2v) is 6.10. The molecule has 0 fully saturated rings. The number of pyridine rings is 1. The number of hydrogen-bond donors (Lipinski definition) is 0. The molecular weight excluding hydrogens is 322 g/mol. The van der Waals surface area contributed by atoms with Crippen LogP contribution in [0, 0.1) is 0 Å². The van der Waals surface area contributed by atoms with Crippen molar-refractivity contribution in [1.29, 1.82) is 0 Å². The third kappa shape index (κ3) is 3.00. The van der Waals surface area contributed by atoms with Crippen LogP contribution in [-0.4, -0.2) is 14.2 Å². The van der Waals surface area contributed by atoms with Gasteiger partial charge in [-0.2, -0.15) is 0 Å². The third-order valence-corrected chi connectivity index (χ3v) is 4.58. The number of nitrogens with one attached hydrogen (secondary N) is 1. The van der Waals surface area contributed by atoms with Gasteiger partial charge < -0.3 is 9.47 Å². The van der Waals surface area contributed by atoms with E-state index >= 15 is 0 Å². The molecule has 1 aromatic heterocycles. The molecule has 1 N–H and O–H groups in total. The monoisotopic (exact) mass is 342 g/mol. The fourth-order valence-electron chi connectivity index (χ4n) is 3.17. The maximum absolute atomic E-state index is 5.29. The number of aromatic nitrogens is 1. The molecule has 0 radical (unpaired) electrons. The van der Waals surface area contributed by atoms with Crippen molar-refractivity contribution in [2.45, 2.75) is 0 Å². The SMILES string of the molecule is COc1ccc(-c2cc(-c3ccc(OC)cc3)c3ccccc3[nH+]2)cc1. The Balaban J connectivity index is 1.89. The van der Waals surface area contributed by atoms with E-state index < -0.39 is 0 Å². The molecule has 0 aliphatic heterocycles. The van der Waals surface area contributed by atoms with Crippen molar-refractivity contribution >= 4 is 10.9 Å². The largest absolute Gasteiger partial charge is 0.497 e. The maximum atomic E-state index is 5.29. The molecule has 4 rings (SSSR count). The zero-order valence-corrected chi connectivity index (χ0v) is 14.8. The molecule has 0 aliphatic carbocycles. The average Bonchev–Trinajstić information content (AvgIpc) is 2.73. The summed E-state index contributed by atoms with van der Waals surface area (Å²) in [5, 5.41) is 1.19. The van der Waals surface area contributed by atoms with Gasteiger partial charge in [0.1, 0.15) is 11.5 Å². The van der Waals surface area contributed by atoms with Gasteiger partial charge in [-0.1, -0.05) is 24.3 Å². The predicted octanol–water partition coefficient (Wildman–Crippen LogP) is 5.01. The van der Waals surface area contributed by atoms with Crippen LogP contribution in [0.2, 0.25) is 0 Å². The summed E-state index contributed by atoms with van der Waals surface area (Å²) in [6.07, 6.45) is 0. The Labute approximate surface area is 152 Å². The summed E-state index contributed by atoms with van der Waals surface area (Å²) in [7, 11) is 3.36. The van der Waals surface area contributed by atoms with Crippen LogP contribution >= 0.6 is 0 Å². The lowest BCUT2D eigenvalue weighted by atomic mass is 9.98. The molecular formula is C23H20NO2+. The molecule has 0 bridgehead atoms. The van der Waals surface area contributed by atoms with E-state index in [1.54, 1.807) is 14.2 Å². The van der Waals surface area contributed by atoms with Crippen molar-refractivity contribution in [2.75, 3.05) is 14.2 Å². The van der Waals surface area contributed by atoms with Crippen molar-refractivity contribution in [1.82, 2.24) is 0 Å². The first-order chi connectivity index (χ1) is 12.8. The summed E-state index contributed by atoms with van der Waals surface area (Å²) in [5.41, 5.74) is 5.63. The fraction of sp³-hybridized carbons (Fsp3) is 0.0870. The Morgan fingerprint density at radius 2 is 1.23 bits per heavy atom.